The molecule has 0 radical (unpaired) electrons. The van der Waals surface area contributed by atoms with Gasteiger partial charge in [-0.25, -0.2) is 8.42 Å². The number of Topliss-reactive ketones (excluding diaryl/α,β-unsaturated/α-hetero) is 1. The Morgan fingerprint density at radius 2 is 2.00 bits per heavy atom. The Kier molecular flexibility index (Phi) is 5.01. The SMILES string of the molecule is CCc1ccc(S(=O)(=O)N2CCC(C(=O)c3cccs3)CC2)s1. The lowest BCUT2D eigenvalue weighted by Gasteiger charge is -2.29. The van der Waals surface area contributed by atoms with E-state index in [0.29, 0.717) is 30.1 Å². The number of sulfonamides is 1. The second-order valence-corrected chi connectivity index (χ2v) is 9.88. The predicted octanol–water partition coefficient (Wildman–Crippen LogP) is 3.66. The zero-order valence-electron chi connectivity index (χ0n) is 12.9. The lowest BCUT2D eigenvalue weighted by Crippen LogP contribution is -2.39. The molecular weight excluding hydrogens is 350 g/mol. The maximum absolute atomic E-state index is 12.7. The molecule has 7 heteroatoms. The van der Waals surface area contributed by atoms with Crippen molar-refractivity contribution in [3.63, 3.8) is 0 Å². The van der Waals surface area contributed by atoms with Gasteiger partial charge in [-0.05, 0) is 42.8 Å². The molecule has 23 heavy (non-hydrogen) atoms. The van der Waals surface area contributed by atoms with E-state index in [1.165, 1.54) is 27.0 Å². The zero-order chi connectivity index (χ0) is 16.4. The van der Waals surface area contributed by atoms with Crippen molar-refractivity contribution in [1.82, 2.24) is 4.31 Å². The monoisotopic (exact) mass is 369 g/mol. The number of piperidine rings is 1. The third-order valence-electron chi connectivity index (χ3n) is 4.17. The van der Waals surface area contributed by atoms with Crippen LogP contribution in [0.5, 0.6) is 0 Å². The van der Waals surface area contributed by atoms with E-state index in [1.807, 2.05) is 30.5 Å². The van der Waals surface area contributed by atoms with Crippen molar-refractivity contribution in [3.05, 3.63) is 39.4 Å². The molecule has 1 aliphatic heterocycles. The van der Waals surface area contributed by atoms with E-state index in [-0.39, 0.29) is 11.7 Å². The molecule has 2 aromatic heterocycles. The summed E-state index contributed by atoms with van der Waals surface area (Å²) in [5, 5.41) is 1.90. The maximum Gasteiger partial charge on any atom is 0.252 e. The molecule has 0 spiro atoms. The van der Waals surface area contributed by atoms with Crippen LogP contribution in [0.1, 0.15) is 34.3 Å². The Labute approximate surface area is 144 Å². The fourth-order valence-corrected chi connectivity index (χ4v) is 6.46. The number of carbonyl (C=O) groups is 1. The third-order valence-corrected chi connectivity index (χ3v) is 8.65. The zero-order valence-corrected chi connectivity index (χ0v) is 15.3. The van der Waals surface area contributed by atoms with Crippen LogP contribution in [-0.4, -0.2) is 31.6 Å². The van der Waals surface area contributed by atoms with Gasteiger partial charge in [0.15, 0.2) is 5.78 Å². The molecule has 124 valence electrons. The van der Waals surface area contributed by atoms with Gasteiger partial charge in [0, 0.05) is 23.9 Å². The second kappa shape index (κ2) is 6.84. The van der Waals surface area contributed by atoms with Crippen LogP contribution in [0.3, 0.4) is 0 Å². The Hall–Kier alpha value is -1.02. The lowest BCUT2D eigenvalue weighted by atomic mass is 9.93. The van der Waals surface area contributed by atoms with Crippen LogP contribution < -0.4 is 0 Å². The van der Waals surface area contributed by atoms with E-state index in [9.17, 15) is 13.2 Å². The van der Waals surface area contributed by atoms with Gasteiger partial charge in [-0.15, -0.1) is 22.7 Å². The first-order valence-corrected chi connectivity index (χ1v) is 10.8. The molecule has 0 amide bonds. The van der Waals surface area contributed by atoms with Crippen LogP contribution in [0, 0.1) is 5.92 Å². The van der Waals surface area contributed by atoms with Crippen molar-refractivity contribution in [2.45, 2.75) is 30.4 Å². The fourth-order valence-electron chi connectivity index (χ4n) is 2.79. The molecule has 1 aliphatic rings. The molecule has 0 N–H and O–H groups in total. The van der Waals surface area contributed by atoms with Crippen LogP contribution in [0.15, 0.2) is 33.9 Å². The number of aryl methyl sites for hydroxylation is 1. The minimum absolute atomic E-state index is 0.0605. The summed E-state index contributed by atoms with van der Waals surface area (Å²) in [7, 11) is -3.41. The second-order valence-electron chi connectivity index (χ2n) is 5.59. The normalized spacial score (nSPS) is 17.4. The summed E-state index contributed by atoms with van der Waals surface area (Å²) >= 11 is 2.80. The lowest BCUT2D eigenvalue weighted by molar-refractivity contribution is 0.0879. The van der Waals surface area contributed by atoms with Crippen molar-refractivity contribution in [2.24, 2.45) is 5.92 Å². The summed E-state index contributed by atoms with van der Waals surface area (Å²) in [6, 6.07) is 7.29. The maximum atomic E-state index is 12.7. The average molecular weight is 370 g/mol. The standard InChI is InChI=1S/C16H19NO3S3/c1-2-13-5-6-15(22-13)23(19,20)17-9-7-12(8-10-17)16(18)14-4-3-11-21-14/h3-6,11-12H,2,7-10H2,1H3. The molecular formula is C16H19NO3S3. The van der Waals surface area contributed by atoms with Gasteiger partial charge in [-0.3, -0.25) is 4.79 Å². The van der Waals surface area contributed by atoms with Crippen molar-refractivity contribution in [3.8, 4) is 0 Å². The Morgan fingerprint density at radius 3 is 2.57 bits per heavy atom. The molecule has 3 heterocycles. The van der Waals surface area contributed by atoms with Crippen molar-refractivity contribution in [1.29, 1.82) is 0 Å². The van der Waals surface area contributed by atoms with E-state index in [0.717, 1.165) is 16.2 Å². The Bertz CT molecular complexity index is 769. The number of hydrogen-bond acceptors (Lipinski definition) is 5. The van der Waals surface area contributed by atoms with Crippen molar-refractivity contribution < 1.29 is 13.2 Å². The van der Waals surface area contributed by atoms with Gasteiger partial charge in [0.25, 0.3) is 10.0 Å². The molecule has 0 bridgehead atoms. The summed E-state index contributed by atoms with van der Waals surface area (Å²) in [5.41, 5.74) is 0. The molecule has 1 fully saturated rings. The molecule has 2 aromatic rings. The van der Waals surface area contributed by atoms with E-state index >= 15 is 0 Å². The summed E-state index contributed by atoms with van der Waals surface area (Å²) in [6.07, 6.45) is 2.04. The number of nitrogens with zero attached hydrogens (tertiary/aromatic N) is 1. The van der Waals surface area contributed by atoms with Crippen LogP contribution in [0.4, 0.5) is 0 Å². The summed E-state index contributed by atoms with van der Waals surface area (Å²) < 4.78 is 27.3. The molecule has 0 aliphatic carbocycles. The predicted molar refractivity (Wildman–Crippen MR) is 93.8 cm³/mol. The fraction of sp³-hybridized carbons (Fsp3) is 0.438. The van der Waals surface area contributed by atoms with E-state index in [2.05, 4.69) is 0 Å². The van der Waals surface area contributed by atoms with Crippen LogP contribution in [-0.2, 0) is 16.4 Å². The van der Waals surface area contributed by atoms with Crippen molar-refractivity contribution >= 4 is 38.5 Å². The van der Waals surface area contributed by atoms with Gasteiger partial charge >= 0.3 is 0 Å². The number of rotatable bonds is 5. The summed E-state index contributed by atoms with van der Waals surface area (Å²) in [4.78, 5) is 14.2. The van der Waals surface area contributed by atoms with E-state index in [1.54, 1.807) is 6.07 Å². The van der Waals surface area contributed by atoms with Crippen LogP contribution in [0.25, 0.3) is 0 Å². The smallest absolute Gasteiger partial charge is 0.252 e. The van der Waals surface area contributed by atoms with Gasteiger partial charge in [-0.1, -0.05) is 13.0 Å². The van der Waals surface area contributed by atoms with E-state index < -0.39 is 10.0 Å². The minimum atomic E-state index is -3.41. The highest BCUT2D eigenvalue weighted by Gasteiger charge is 2.33. The van der Waals surface area contributed by atoms with E-state index in [4.69, 9.17) is 0 Å². The Balaban J connectivity index is 1.67. The van der Waals surface area contributed by atoms with Crippen LogP contribution >= 0.6 is 22.7 Å². The highest BCUT2D eigenvalue weighted by atomic mass is 32.2. The third kappa shape index (κ3) is 3.42. The molecule has 0 saturated carbocycles. The molecule has 4 nitrogen and oxygen atoms in total. The quantitative estimate of drug-likeness (QED) is 0.756. The Morgan fingerprint density at radius 1 is 1.26 bits per heavy atom. The number of thiophene rings is 2. The molecule has 0 aromatic carbocycles. The first kappa shape index (κ1) is 16.8. The van der Waals surface area contributed by atoms with Gasteiger partial charge in [0.2, 0.25) is 0 Å². The van der Waals surface area contributed by atoms with Gasteiger partial charge in [-0.2, -0.15) is 4.31 Å². The van der Waals surface area contributed by atoms with Gasteiger partial charge in [0.05, 0.1) is 4.88 Å². The highest BCUT2D eigenvalue weighted by Crippen LogP contribution is 2.30. The highest BCUT2D eigenvalue weighted by molar-refractivity contribution is 7.91. The van der Waals surface area contributed by atoms with Crippen molar-refractivity contribution in [2.75, 3.05) is 13.1 Å². The largest absolute Gasteiger partial charge is 0.293 e. The topological polar surface area (TPSA) is 54.5 Å². The minimum Gasteiger partial charge on any atom is -0.293 e. The molecule has 0 atom stereocenters. The number of hydrogen-bond donors (Lipinski definition) is 0. The molecule has 1 saturated heterocycles. The first-order chi connectivity index (χ1) is 11.0. The average Bonchev–Trinajstić information content (AvgIpc) is 3.25. The van der Waals surface area contributed by atoms with Gasteiger partial charge in [0.1, 0.15) is 4.21 Å². The molecule has 3 rings (SSSR count). The summed E-state index contributed by atoms with van der Waals surface area (Å²) in [5.74, 6) is 0.0936. The molecule has 0 unspecified atom stereocenters. The van der Waals surface area contributed by atoms with Gasteiger partial charge < -0.3 is 0 Å². The number of ketones is 1. The summed E-state index contributed by atoms with van der Waals surface area (Å²) in [6.45, 7) is 2.86. The van der Waals surface area contributed by atoms with Crippen LogP contribution in [0.2, 0.25) is 0 Å². The number of carbonyl (C=O) groups excluding carboxylic acids is 1. The first-order valence-electron chi connectivity index (χ1n) is 7.69.